The van der Waals surface area contributed by atoms with Crippen LogP contribution in [0.15, 0.2) is 47.4 Å². The molecule has 1 unspecified atom stereocenters. The average Bonchev–Trinajstić information content (AvgIpc) is 3.15. The largest absolute Gasteiger partial charge is 0.481 e. The molecule has 4 rings (SSSR count). The van der Waals surface area contributed by atoms with E-state index >= 15 is 0 Å². The molecule has 0 aliphatic carbocycles. The number of fused-ring (bicyclic) bond motifs is 1. The van der Waals surface area contributed by atoms with E-state index in [1.165, 1.54) is 31.3 Å². The number of benzene rings is 2. The van der Waals surface area contributed by atoms with Gasteiger partial charge in [-0.2, -0.15) is 5.10 Å². The Morgan fingerprint density at radius 1 is 1.21 bits per heavy atom. The molecule has 3 amide bonds. The van der Waals surface area contributed by atoms with Crippen LogP contribution in [0.1, 0.15) is 24.5 Å². The van der Waals surface area contributed by atoms with Gasteiger partial charge in [-0.1, -0.05) is 12.1 Å². The number of hydrogen-bond donors (Lipinski definition) is 3. The summed E-state index contributed by atoms with van der Waals surface area (Å²) in [7, 11) is -0.532. The lowest BCUT2D eigenvalue weighted by Crippen LogP contribution is -2.39. The molecule has 1 atom stereocenters. The number of ether oxygens (including phenoxy) is 1. The Morgan fingerprint density at radius 2 is 1.94 bits per heavy atom. The van der Waals surface area contributed by atoms with Gasteiger partial charge in [-0.15, -0.1) is 0 Å². The van der Waals surface area contributed by atoms with Gasteiger partial charge in [0.1, 0.15) is 11.3 Å². The van der Waals surface area contributed by atoms with Crippen LogP contribution in [0.25, 0.3) is 10.9 Å². The molecule has 178 valence electrons. The number of hydrogen-bond acceptors (Lipinski definition) is 7. The zero-order chi connectivity index (χ0) is 24.5. The van der Waals surface area contributed by atoms with E-state index in [9.17, 15) is 22.8 Å². The number of nitrogens with zero attached hydrogens (tertiary/aromatic N) is 2. The fourth-order valence-corrected chi connectivity index (χ4v) is 4.56. The highest BCUT2D eigenvalue weighted by molar-refractivity contribution is 7.89. The number of anilines is 1. The van der Waals surface area contributed by atoms with Crippen LogP contribution in [-0.2, 0) is 31.5 Å². The van der Waals surface area contributed by atoms with Gasteiger partial charge < -0.3 is 10.1 Å². The minimum atomic E-state index is -3.56. The first-order valence-corrected chi connectivity index (χ1v) is 11.9. The monoisotopic (exact) mass is 485 g/mol. The minimum absolute atomic E-state index is 0.0824. The van der Waals surface area contributed by atoms with Crippen LogP contribution in [0, 0.1) is 0 Å². The fraction of sp³-hybridized carbons (Fsp3) is 0.273. The van der Waals surface area contributed by atoms with Crippen molar-refractivity contribution in [3.05, 3.63) is 48.2 Å². The first-order valence-electron chi connectivity index (χ1n) is 10.4. The second-order valence-electron chi connectivity index (χ2n) is 7.73. The van der Waals surface area contributed by atoms with Crippen molar-refractivity contribution in [1.29, 1.82) is 0 Å². The highest BCUT2D eigenvalue weighted by atomic mass is 32.2. The molecule has 0 spiro atoms. The van der Waals surface area contributed by atoms with Crippen LogP contribution in [0.2, 0.25) is 0 Å². The third kappa shape index (κ3) is 4.63. The summed E-state index contributed by atoms with van der Waals surface area (Å²) >= 11 is 0. The molecule has 12 heteroatoms. The third-order valence-corrected chi connectivity index (χ3v) is 6.93. The first-order chi connectivity index (χ1) is 16.2. The topological polar surface area (TPSA) is 148 Å². The van der Waals surface area contributed by atoms with Crippen molar-refractivity contribution in [2.45, 2.75) is 23.7 Å². The van der Waals surface area contributed by atoms with Gasteiger partial charge in [0.2, 0.25) is 21.8 Å². The zero-order valence-electron chi connectivity index (χ0n) is 18.5. The number of aryl methyl sites for hydroxylation is 1. The summed E-state index contributed by atoms with van der Waals surface area (Å²) in [5.74, 6) is -1.25. The van der Waals surface area contributed by atoms with E-state index in [1.54, 1.807) is 23.9 Å². The number of para-hydroxylation sites is 1. The van der Waals surface area contributed by atoms with Gasteiger partial charge in [0, 0.05) is 24.5 Å². The van der Waals surface area contributed by atoms with E-state index in [0.29, 0.717) is 34.5 Å². The number of piperidine rings is 1. The maximum absolute atomic E-state index is 12.4. The van der Waals surface area contributed by atoms with Gasteiger partial charge in [0.05, 0.1) is 16.5 Å². The predicted molar refractivity (Wildman–Crippen MR) is 123 cm³/mol. The summed E-state index contributed by atoms with van der Waals surface area (Å²) in [6.45, 7) is -0.297. The molecular weight excluding hydrogens is 462 g/mol. The van der Waals surface area contributed by atoms with E-state index in [1.807, 2.05) is 6.07 Å². The lowest BCUT2D eigenvalue weighted by molar-refractivity contribution is -0.134. The Hall–Kier alpha value is -3.77. The van der Waals surface area contributed by atoms with E-state index in [4.69, 9.17) is 4.74 Å². The van der Waals surface area contributed by atoms with Crippen LogP contribution < -0.4 is 20.1 Å². The normalized spacial score (nSPS) is 16.4. The highest BCUT2D eigenvalue weighted by Gasteiger charge is 2.32. The second-order valence-corrected chi connectivity index (χ2v) is 9.62. The molecule has 1 aliphatic rings. The molecule has 1 saturated heterocycles. The summed E-state index contributed by atoms with van der Waals surface area (Å²) in [6.07, 6.45) is 0.616. The lowest BCUT2D eigenvalue weighted by Gasteiger charge is -2.19. The molecular formula is C22H23N5O6S. The molecule has 2 aromatic carbocycles. The summed E-state index contributed by atoms with van der Waals surface area (Å²) in [5, 5.41) is 10.2. The minimum Gasteiger partial charge on any atom is -0.481 e. The summed E-state index contributed by atoms with van der Waals surface area (Å²) in [5.41, 5.74) is 1.59. The van der Waals surface area contributed by atoms with Gasteiger partial charge in [0.15, 0.2) is 6.61 Å². The molecule has 2 heterocycles. The first kappa shape index (κ1) is 23.4. The van der Waals surface area contributed by atoms with E-state index in [-0.39, 0.29) is 29.7 Å². The van der Waals surface area contributed by atoms with Crippen molar-refractivity contribution in [3.63, 3.8) is 0 Å². The highest BCUT2D eigenvalue weighted by Crippen LogP contribution is 2.34. The Balaban J connectivity index is 1.48. The summed E-state index contributed by atoms with van der Waals surface area (Å²) in [4.78, 5) is 36.3. The van der Waals surface area contributed by atoms with E-state index < -0.39 is 21.8 Å². The molecule has 1 aliphatic heterocycles. The van der Waals surface area contributed by atoms with Crippen molar-refractivity contribution in [3.8, 4) is 5.75 Å². The molecule has 11 nitrogen and oxygen atoms in total. The van der Waals surface area contributed by atoms with Gasteiger partial charge >= 0.3 is 0 Å². The molecule has 34 heavy (non-hydrogen) atoms. The Labute approximate surface area is 195 Å². The van der Waals surface area contributed by atoms with E-state index in [0.717, 1.165) is 0 Å². The zero-order valence-corrected chi connectivity index (χ0v) is 19.3. The van der Waals surface area contributed by atoms with Crippen LogP contribution in [0.3, 0.4) is 0 Å². The SMILES string of the molecule is CNS(=O)(=O)c1ccc(NC(=O)COc2cccc3c(C4CCC(=O)NC4=O)nn(C)c23)cc1. The number of sulfonamides is 1. The number of amides is 3. The average molecular weight is 486 g/mol. The molecule has 1 aromatic heterocycles. The van der Waals surface area contributed by atoms with Gasteiger partial charge in [-0.3, -0.25) is 24.4 Å². The standard InChI is InChI=1S/C22H23N5O6S/c1-23-34(31,32)14-8-6-13(7-9-14)24-19(29)12-33-17-5-3-4-15-20(26-27(2)21(15)17)16-10-11-18(28)25-22(16)30/h3-9,16,23H,10-12H2,1-2H3,(H,24,29)(H,25,28,30). The number of nitrogens with one attached hydrogen (secondary N) is 3. The smallest absolute Gasteiger partial charge is 0.262 e. The number of carbonyl (C=O) groups excluding carboxylic acids is 3. The van der Waals surface area contributed by atoms with Crippen LogP contribution in [-0.4, -0.2) is 49.6 Å². The van der Waals surface area contributed by atoms with Crippen molar-refractivity contribution in [2.24, 2.45) is 7.05 Å². The maximum atomic E-state index is 12.4. The maximum Gasteiger partial charge on any atom is 0.262 e. The quantitative estimate of drug-likeness (QED) is 0.423. The van der Waals surface area contributed by atoms with Crippen LogP contribution >= 0.6 is 0 Å². The Kier molecular flexibility index (Phi) is 6.35. The fourth-order valence-electron chi connectivity index (χ4n) is 3.83. The molecule has 0 bridgehead atoms. The van der Waals surface area contributed by atoms with E-state index in [2.05, 4.69) is 20.5 Å². The van der Waals surface area contributed by atoms with Crippen molar-refractivity contribution in [1.82, 2.24) is 19.8 Å². The number of aromatic nitrogens is 2. The van der Waals surface area contributed by atoms with Crippen molar-refractivity contribution >= 4 is 44.3 Å². The van der Waals surface area contributed by atoms with Crippen LogP contribution in [0.5, 0.6) is 5.75 Å². The van der Waals surface area contributed by atoms with Crippen LogP contribution in [0.4, 0.5) is 5.69 Å². The predicted octanol–water partition coefficient (Wildman–Crippen LogP) is 1.02. The van der Waals surface area contributed by atoms with Gasteiger partial charge in [-0.05, 0) is 43.8 Å². The second kappa shape index (κ2) is 9.23. The summed E-state index contributed by atoms with van der Waals surface area (Å²) in [6, 6.07) is 11.0. The molecule has 1 fully saturated rings. The van der Waals surface area contributed by atoms with Crippen molar-refractivity contribution < 1.29 is 27.5 Å². The molecule has 0 radical (unpaired) electrons. The molecule has 3 N–H and O–H groups in total. The number of rotatable bonds is 7. The van der Waals surface area contributed by atoms with Crippen molar-refractivity contribution in [2.75, 3.05) is 19.0 Å². The van der Waals surface area contributed by atoms with Gasteiger partial charge in [0.25, 0.3) is 5.91 Å². The Morgan fingerprint density at radius 3 is 2.62 bits per heavy atom. The summed E-state index contributed by atoms with van der Waals surface area (Å²) < 4.78 is 33.2. The number of carbonyl (C=O) groups is 3. The third-order valence-electron chi connectivity index (χ3n) is 5.50. The Bertz CT molecular complexity index is 1380. The number of imide groups is 1. The molecule has 3 aromatic rings. The van der Waals surface area contributed by atoms with Gasteiger partial charge in [-0.25, -0.2) is 13.1 Å². The molecule has 0 saturated carbocycles. The lowest BCUT2D eigenvalue weighted by atomic mass is 9.93.